The molecule has 1 amide bonds. The average molecular weight is 318 g/mol. The number of aryl methyl sites for hydroxylation is 1. The third kappa shape index (κ3) is 3.47. The van der Waals surface area contributed by atoms with Crippen molar-refractivity contribution in [3.63, 3.8) is 0 Å². The Bertz CT molecular complexity index is 605. The maximum atomic E-state index is 12.5. The Hall–Kier alpha value is -1.46. The fourth-order valence-electron chi connectivity index (χ4n) is 3.16. The zero-order chi connectivity index (χ0) is 15.4. The normalized spacial score (nSPS) is 18.8. The number of thiazole rings is 1. The first-order chi connectivity index (χ1) is 10.8. The van der Waals surface area contributed by atoms with Gasteiger partial charge in [0.2, 0.25) is 5.91 Å². The van der Waals surface area contributed by atoms with Crippen molar-refractivity contribution in [1.29, 1.82) is 0 Å². The molecule has 1 unspecified atom stereocenters. The zero-order valence-electron chi connectivity index (χ0n) is 12.7. The number of carbonyl (C=O) groups excluding carboxylic acids is 1. The van der Waals surface area contributed by atoms with Gasteiger partial charge in [-0.25, -0.2) is 4.98 Å². The Morgan fingerprint density at radius 2 is 2.23 bits per heavy atom. The lowest BCUT2D eigenvalue weighted by atomic mass is 9.99. The van der Waals surface area contributed by atoms with Gasteiger partial charge in [0, 0.05) is 32.0 Å². The van der Waals surface area contributed by atoms with Crippen LogP contribution in [0.4, 0.5) is 0 Å². The van der Waals surface area contributed by atoms with E-state index < -0.39 is 0 Å². The Morgan fingerprint density at radius 1 is 1.36 bits per heavy atom. The van der Waals surface area contributed by atoms with Crippen molar-refractivity contribution in [3.8, 4) is 0 Å². The van der Waals surface area contributed by atoms with Crippen LogP contribution < -0.4 is 0 Å². The molecule has 118 valence electrons. The molecule has 1 N–H and O–H groups in total. The second-order valence-corrected chi connectivity index (χ2v) is 6.94. The Balaban J connectivity index is 1.61. The number of aliphatic hydroxyl groups excluding tert-OH is 1. The van der Waals surface area contributed by atoms with Crippen molar-refractivity contribution >= 4 is 27.5 Å². The summed E-state index contributed by atoms with van der Waals surface area (Å²) >= 11 is 1.68. The van der Waals surface area contributed by atoms with Gasteiger partial charge in [0.1, 0.15) is 0 Å². The van der Waals surface area contributed by atoms with E-state index in [-0.39, 0.29) is 18.6 Å². The van der Waals surface area contributed by atoms with Crippen LogP contribution in [-0.4, -0.2) is 40.1 Å². The molecule has 0 spiro atoms. The first kappa shape index (κ1) is 15.4. The summed E-state index contributed by atoms with van der Waals surface area (Å²) in [6.45, 7) is 0.996. The van der Waals surface area contributed by atoms with Gasteiger partial charge in [-0.05, 0) is 37.8 Å². The molecule has 2 aromatic rings. The molecule has 1 aromatic heterocycles. The number of likely N-dealkylation sites (tertiary alicyclic amines) is 1. The number of aromatic nitrogens is 1. The van der Waals surface area contributed by atoms with Gasteiger partial charge < -0.3 is 10.0 Å². The summed E-state index contributed by atoms with van der Waals surface area (Å²) in [6, 6.07) is 8.31. The molecule has 4 nitrogen and oxygen atoms in total. The Labute approximate surface area is 134 Å². The average Bonchev–Trinajstić information content (AvgIpc) is 2.96. The number of benzene rings is 1. The molecule has 5 heteroatoms. The molecule has 3 rings (SSSR count). The van der Waals surface area contributed by atoms with Crippen molar-refractivity contribution in [2.24, 2.45) is 0 Å². The van der Waals surface area contributed by atoms with Crippen molar-refractivity contribution in [3.05, 3.63) is 29.3 Å². The van der Waals surface area contributed by atoms with E-state index in [4.69, 9.17) is 5.11 Å². The zero-order valence-corrected chi connectivity index (χ0v) is 13.5. The number of nitrogens with zero attached hydrogens (tertiary/aromatic N) is 2. The molecular formula is C17H22N2O2S. The van der Waals surface area contributed by atoms with Crippen molar-refractivity contribution in [2.45, 2.75) is 44.6 Å². The molecule has 1 aliphatic rings. The van der Waals surface area contributed by atoms with E-state index in [1.54, 1.807) is 11.3 Å². The van der Waals surface area contributed by atoms with Crippen LogP contribution in [0.1, 0.15) is 37.1 Å². The van der Waals surface area contributed by atoms with E-state index >= 15 is 0 Å². The van der Waals surface area contributed by atoms with Crippen LogP contribution in [0, 0.1) is 0 Å². The fraction of sp³-hybridized carbons (Fsp3) is 0.529. The van der Waals surface area contributed by atoms with Gasteiger partial charge in [-0.2, -0.15) is 0 Å². The summed E-state index contributed by atoms with van der Waals surface area (Å²) in [5, 5.41) is 10.2. The SMILES string of the molecule is O=C(CCc1nc2ccccc2s1)N1CCCCC1CCO. The highest BCUT2D eigenvalue weighted by atomic mass is 32.1. The number of hydrogen-bond donors (Lipinski definition) is 1. The van der Waals surface area contributed by atoms with Gasteiger partial charge in [-0.15, -0.1) is 11.3 Å². The van der Waals surface area contributed by atoms with Crippen LogP contribution in [0.25, 0.3) is 10.2 Å². The molecule has 1 aliphatic heterocycles. The van der Waals surface area contributed by atoms with Gasteiger partial charge in [-0.1, -0.05) is 12.1 Å². The van der Waals surface area contributed by atoms with Crippen LogP contribution >= 0.6 is 11.3 Å². The number of aliphatic hydroxyl groups is 1. The van der Waals surface area contributed by atoms with E-state index in [9.17, 15) is 4.79 Å². The van der Waals surface area contributed by atoms with E-state index in [2.05, 4.69) is 11.1 Å². The third-order valence-electron chi connectivity index (χ3n) is 4.30. The summed E-state index contributed by atoms with van der Waals surface area (Å²) in [5.74, 6) is 0.206. The molecule has 22 heavy (non-hydrogen) atoms. The lowest BCUT2D eigenvalue weighted by Crippen LogP contribution is -2.44. The number of hydrogen-bond acceptors (Lipinski definition) is 4. The minimum atomic E-state index is 0.159. The Morgan fingerprint density at radius 3 is 3.05 bits per heavy atom. The van der Waals surface area contributed by atoms with Crippen LogP contribution in [0.5, 0.6) is 0 Å². The molecule has 1 atom stereocenters. The number of rotatable bonds is 5. The van der Waals surface area contributed by atoms with Gasteiger partial charge in [-0.3, -0.25) is 4.79 Å². The van der Waals surface area contributed by atoms with Crippen LogP contribution in [0.15, 0.2) is 24.3 Å². The van der Waals surface area contributed by atoms with E-state index in [0.29, 0.717) is 19.3 Å². The second-order valence-electron chi connectivity index (χ2n) is 5.82. The minimum absolute atomic E-state index is 0.159. The molecule has 0 saturated carbocycles. The first-order valence-electron chi connectivity index (χ1n) is 8.02. The smallest absolute Gasteiger partial charge is 0.223 e. The van der Waals surface area contributed by atoms with Gasteiger partial charge in [0.05, 0.1) is 15.2 Å². The highest BCUT2D eigenvalue weighted by Gasteiger charge is 2.25. The quantitative estimate of drug-likeness (QED) is 0.922. The van der Waals surface area contributed by atoms with E-state index in [0.717, 1.165) is 36.3 Å². The van der Waals surface area contributed by atoms with Crippen LogP contribution in [0.2, 0.25) is 0 Å². The predicted octanol–water partition coefficient (Wildman–Crippen LogP) is 2.99. The number of amides is 1. The maximum Gasteiger partial charge on any atom is 0.223 e. The van der Waals surface area contributed by atoms with Crippen LogP contribution in [0.3, 0.4) is 0 Å². The topological polar surface area (TPSA) is 53.4 Å². The van der Waals surface area contributed by atoms with Gasteiger partial charge in [0.15, 0.2) is 0 Å². The summed E-state index contributed by atoms with van der Waals surface area (Å²) in [7, 11) is 0. The highest BCUT2D eigenvalue weighted by molar-refractivity contribution is 7.18. The second kappa shape index (κ2) is 7.20. The molecule has 0 radical (unpaired) electrons. The summed E-state index contributed by atoms with van der Waals surface area (Å²) in [4.78, 5) is 19.1. The van der Waals surface area contributed by atoms with Gasteiger partial charge >= 0.3 is 0 Å². The van der Waals surface area contributed by atoms with E-state index in [1.807, 2.05) is 23.1 Å². The molecule has 1 saturated heterocycles. The standard InChI is InChI=1S/C17H22N2O2S/c20-12-10-13-5-3-4-11-19(13)17(21)9-8-16-18-14-6-1-2-7-15(14)22-16/h1-2,6-7,13,20H,3-5,8-12H2. The van der Waals surface area contributed by atoms with Gasteiger partial charge in [0.25, 0.3) is 0 Å². The van der Waals surface area contributed by atoms with Crippen LogP contribution in [-0.2, 0) is 11.2 Å². The molecule has 1 aromatic carbocycles. The number of carbonyl (C=O) groups is 1. The lowest BCUT2D eigenvalue weighted by Gasteiger charge is -2.35. The fourth-order valence-corrected chi connectivity index (χ4v) is 4.13. The maximum absolute atomic E-state index is 12.5. The summed E-state index contributed by atoms with van der Waals surface area (Å²) < 4.78 is 1.18. The monoisotopic (exact) mass is 318 g/mol. The number of fused-ring (bicyclic) bond motifs is 1. The first-order valence-corrected chi connectivity index (χ1v) is 8.84. The lowest BCUT2D eigenvalue weighted by molar-refractivity contribution is -0.135. The number of piperidine rings is 1. The van der Waals surface area contributed by atoms with E-state index in [1.165, 1.54) is 4.70 Å². The summed E-state index contributed by atoms with van der Waals surface area (Å²) in [6.07, 6.45) is 5.18. The predicted molar refractivity (Wildman–Crippen MR) is 89.0 cm³/mol. The largest absolute Gasteiger partial charge is 0.396 e. The molecule has 0 bridgehead atoms. The van der Waals surface area contributed by atoms with Crippen molar-refractivity contribution in [1.82, 2.24) is 9.88 Å². The molecule has 1 fully saturated rings. The third-order valence-corrected chi connectivity index (χ3v) is 5.40. The van der Waals surface area contributed by atoms with Crippen molar-refractivity contribution in [2.75, 3.05) is 13.2 Å². The molecule has 0 aliphatic carbocycles. The minimum Gasteiger partial charge on any atom is -0.396 e. The molecular weight excluding hydrogens is 296 g/mol. The highest BCUT2D eigenvalue weighted by Crippen LogP contribution is 2.24. The molecule has 2 heterocycles. The summed E-state index contributed by atoms with van der Waals surface area (Å²) in [5.41, 5.74) is 1.02. The Kier molecular flexibility index (Phi) is 5.05. The van der Waals surface area contributed by atoms with Crippen molar-refractivity contribution < 1.29 is 9.90 Å². The number of para-hydroxylation sites is 1.